The fourth-order valence-corrected chi connectivity index (χ4v) is 2.18. The highest BCUT2D eigenvalue weighted by Crippen LogP contribution is 2.19. The molecule has 0 saturated heterocycles. The smallest absolute Gasteiger partial charge is 0.134 e. The fourth-order valence-electron chi connectivity index (χ4n) is 2.18. The summed E-state index contributed by atoms with van der Waals surface area (Å²) in [6, 6.07) is 4.21. The zero-order valence-corrected chi connectivity index (χ0v) is 13.0. The van der Waals surface area contributed by atoms with Crippen molar-refractivity contribution in [2.24, 2.45) is 0 Å². The number of hydrogen-bond donors (Lipinski definition) is 2. The predicted octanol–water partition coefficient (Wildman–Crippen LogP) is 3.35. The van der Waals surface area contributed by atoms with Gasteiger partial charge in [0, 0.05) is 24.4 Å². The average Bonchev–Trinajstić information content (AvgIpc) is 2.95. The largest absolute Gasteiger partial charge is 0.469 e. The Morgan fingerprint density at radius 2 is 2.14 bits per heavy atom. The van der Waals surface area contributed by atoms with Crippen LogP contribution in [0.4, 0.5) is 11.6 Å². The van der Waals surface area contributed by atoms with Crippen molar-refractivity contribution in [2.45, 2.75) is 52.5 Å². The highest BCUT2D eigenvalue weighted by Gasteiger charge is 2.11. The summed E-state index contributed by atoms with van der Waals surface area (Å²) >= 11 is 0. The summed E-state index contributed by atoms with van der Waals surface area (Å²) in [7, 11) is 0. The van der Waals surface area contributed by atoms with Crippen LogP contribution >= 0.6 is 0 Å². The van der Waals surface area contributed by atoms with Crippen LogP contribution < -0.4 is 11.1 Å². The Labute approximate surface area is 126 Å². The van der Waals surface area contributed by atoms with Gasteiger partial charge in [-0.05, 0) is 38.8 Å². The van der Waals surface area contributed by atoms with Gasteiger partial charge in [0.05, 0.1) is 6.26 Å². The lowest BCUT2D eigenvalue weighted by Crippen LogP contribution is -2.19. The molecule has 21 heavy (non-hydrogen) atoms. The minimum absolute atomic E-state index is 0.289. The van der Waals surface area contributed by atoms with Gasteiger partial charge in [-0.3, -0.25) is 0 Å². The molecule has 0 saturated carbocycles. The number of aryl methyl sites for hydroxylation is 2. The third kappa shape index (κ3) is 4.21. The number of nitrogens with zero attached hydrogens (tertiary/aromatic N) is 2. The summed E-state index contributed by atoms with van der Waals surface area (Å²) in [6.45, 7) is 6.20. The number of furan rings is 1. The van der Waals surface area contributed by atoms with E-state index in [0.29, 0.717) is 5.82 Å². The van der Waals surface area contributed by atoms with E-state index in [-0.39, 0.29) is 6.04 Å². The molecule has 114 valence electrons. The number of rotatable bonds is 7. The standard InChI is InChI=1S/C16H24N4O/c1-4-6-14-19-15(17)12(3)16(20-14)18-11(2)8-9-13-7-5-10-21-13/h5,7,10-11H,4,6,8-9H2,1-3H3,(H3,17,18,19,20). The zero-order chi connectivity index (χ0) is 15.2. The minimum Gasteiger partial charge on any atom is -0.469 e. The average molecular weight is 288 g/mol. The first-order valence-corrected chi connectivity index (χ1v) is 7.52. The summed E-state index contributed by atoms with van der Waals surface area (Å²) in [5, 5.41) is 3.44. The fraction of sp³-hybridized carbons (Fsp3) is 0.500. The molecule has 0 aromatic carbocycles. The van der Waals surface area contributed by atoms with Gasteiger partial charge in [0.25, 0.3) is 0 Å². The van der Waals surface area contributed by atoms with Gasteiger partial charge < -0.3 is 15.5 Å². The molecule has 1 unspecified atom stereocenters. The molecule has 0 fully saturated rings. The van der Waals surface area contributed by atoms with Gasteiger partial charge in [-0.15, -0.1) is 0 Å². The summed E-state index contributed by atoms with van der Waals surface area (Å²) in [5.74, 6) is 3.22. The van der Waals surface area contributed by atoms with Gasteiger partial charge in [-0.25, -0.2) is 9.97 Å². The van der Waals surface area contributed by atoms with Crippen molar-refractivity contribution in [3.05, 3.63) is 35.5 Å². The number of nitrogens with one attached hydrogen (secondary N) is 1. The molecule has 2 heterocycles. The van der Waals surface area contributed by atoms with Crippen molar-refractivity contribution >= 4 is 11.6 Å². The summed E-state index contributed by atoms with van der Waals surface area (Å²) in [5.41, 5.74) is 6.89. The monoisotopic (exact) mass is 288 g/mol. The van der Waals surface area contributed by atoms with E-state index in [1.807, 2.05) is 19.1 Å². The SMILES string of the molecule is CCCc1nc(N)c(C)c(NC(C)CCc2ccco2)n1. The molecule has 0 aliphatic carbocycles. The molecule has 5 nitrogen and oxygen atoms in total. The Hall–Kier alpha value is -2.04. The van der Waals surface area contributed by atoms with E-state index in [2.05, 4.69) is 29.1 Å². The van der Waals surface area contributed by atoms with E-state index >= 15 is 0 Å². The molecule has 0 spiro atoms. The normalized spacial score (nSPS) is 12.3. The molecule has 0 amide bonds. The van der Waals surface area contributed by atoms with Crippen LogP contribution in [-0.2, 0) is 12.8 Å². The van der Waals surface area contributed by atoms with Gasteiger partial charge in [0.1, 0.15) is 23.2 Å². The first kappa shape index (κ1) is 15.4. The van der Waals surface area contributed by atoms with Crippen LogP contribution in [0.5, 0.6) is 0 Å². The molecule has 0 aliphatic heterocycles. The van der Waals surface area contributed by atoms with Gasteiger partial charge in [0.2, 0.25) is 0 Å². The maximum atomic E-state index is 5.97. The van der Waals surface area contributed by atoms with Gasteiger partial charge in [-0.2, -0.15) is 0 Å². The van der Waals surface area contributed by atoms with E-state index in [4.69, 9.17) is 10.2 Å². The number of nitrogens with two attached hydrogens (primary N) is 1. The van der Waals surface area contributed by atoms with Crippen molar-refractivity contribution in [3.63, 3.8) is 0 Å². The van der Waals surface area contributed by atoms with E-state index in [1.54, 1.807) is 6.26 Å². The lowest BCUT2D eigenvalue weighted by Gasteiger charge is -2.17. The van der Waals surface area contributed by atoms with Crippen LogP contribution in [0.25, 0.3) is 0 Å². The lowest BCUT2D eigenvalue weighted by molar-refractivity contribution is 0.494. The Morgan fingerprint density at radius 1 is 1.33 bits per heavy atom. The van der Waals surface area contributed by atoms with Crippen LogP contribution in [0.3, 0.4) is 0 Å². The van der Waals surface area contributed by atoms with Crippen LogP contribution in [0, 0.1) is 6.92 Å². The van der Waals surface area contributed by atoms with Crippen LogP contribution in [0.15, 0.2) is 22.8 Å². The molecule has 1 atom stereocenters. The summed E-state index contributed by atoms with van der Waals surface area (Å²) in [4.78, 5) is 8.91. The molecule has 3 N–H and O–H groups in total. The number of nitrogen functional groups attached to an aromatic ring is 1. The zero-order valence-electron chi connectivity index (χ0n) is 13.0. The lowest BCUT2D eigenvalue weighted by atomic mass is 10.1. The first-order valence-electron chi connectivity index (χ1n) is 7.52. The molecule has 2 rings (SSSR count). The first-order chi connectivity index (χ1) is 10.1. The highest BCUT2D eigenvalue weighted by molar-refractivity contribution is 5.55. The highest BCUT2D eigenvalue weighted by atomic mass is 16.3. The number of hydrogen-bond acceptors (Lipinski definition) is 5. The van der Waals surface area contributed by atoms with E-state index in [1.165, 1.54) is 0 Å². The summed E-state index contributed by atoms with van der Waals surface area (Å²) < 4.78 is 5.35. The molecular weight excluding hydrogens is 264 g/mol. The van der Waals surface area contributed by atoms with Gasteiger partial charge in [0.15, 0.2) is 0 Å². The topological polar surface area (TPSA) is 77.0 Å². The van der Waals surface area contributed by atoms with Crippen LogP contribution in [-0.4, -0.2) is 16.0 Å². The molecule has 5 heteroatoms. The van der Waals surface area contributed by atoms with Crippen LogP contribution in [0.1, 0.15) is 43.8 Å². The summed E-state index contributed by atoms with van der Waals surface area (Å²) in [6.07, 6.45) is 5.44. The molecule has 0 aliphatic rings. The second kappa shape index (κ2) is 7.11. The Morgan fingerprint density at radius 3 is 2.81 bits per heavy atom. The van der Waals surface area contributed by atoms with Crippen molar-refractivity contribution in [3.8, 4) is 0 Å². The third-order valence-electron chi connectivity index (χ3n) is 3.49. The third-order valence-corrected chi connectivity index (χ3v) is 3.49. The van der Waals surface area contributed by atoms with E-state index in [0.717, 1.165) is 48.6 Å². The molecule has 2 aromatic heterocycles. The Kier molecular flexibility index (Phi) is 5.20. The molecule has 0 bridgehead atoms. The number of anilines is 2. The van der Waals surface area contributed by atoms with Crippen molar-refractivity contribution in [1.82, 2.24) is 9.97 Å². The van der Waals surface area contributed by atoms with E-state index < -0.39 is 0 Å². The van der Waals surface area contributed by atoms with Gasteiger partial charge >= 0.3 is 0 Å². The second-order valence-corrected chi connectivity index (χ2v) is 5.41. The Bertz CT molecular complexity index is 566. The quantitative estimate of drug-likeness (QED) is 0.817. The minimum atomic E-state index is 0.289. The van der Waals surface area contributed by atoms with Crippen LogP contribution in [0.2, 0.25) is 0 Å². The van der Waals surface area contributed by atoms with Crippen molar-refractivity contribution in [2.75, 3.05) is 11.1 Å². The van der Waals surface area contributed by atoms with E-state index in [9.17, 15) is 0 Å². The van der Waals surface area contributed by atoms with Crippen molar-refractivity contribution < 1.29 is 4.42 Å². The maximum absolute atomic E-state index is 5.97. The second-order valence-electron chi connectivity index (χ2n) is 5.41. The molecule has 2 aromatic rings. The molecule has 0 radical (unpaired) electrons. The maximum Gasteiger partial charge on any atom is 0.134 e. The Balaban J connectivity index is 2.00. The molecular formula is C16H24N4O. The number of aromatic nitrogens is 2. The predicted molar refractivity (Wildman–Crippen MR) is 85.3 cm³/mol. The van der Waals surface area contributed by atoms with Crippen molar-refractivity contribution in [1.29, 1.82) is 0 Å². The van der Waals surface area contributed by atoms with Gasteiger partial charge in [-0.1, -0.05) is 6.92 Å².